The fraction of sp³-hybridized carbons (Fsp3) is 0.143. The largest absolute Gasteiger partial charge is 0.488 e. The smallest absolute Gasteiger partial charge is 0.167 e. The molecule has 0 aliphatic heterocycles. The molecular formula is C21H18ClN3O. The van der Waals surface area contributed by atoms with Gasteiger partial charge in [-0.15, -0.1) is 0 Å². The van der Waals surface area contributed by atoms with Gasteiger partial charge in [0.25, 0.3) is 0 Å². The van der Waals surface area contributed by atoms with Gasteiger partial charge in [0.1, 0.15) is 6.61 Å². The number of aryl methyl sites for hydroxylation is 1. The zero-order chi connectivity index (χ0) is 17.8. The molecule has 3 aromatic carbocycles. The van der Waals surface area contributed by atoms with E-state index in [4.69, 9.17) is 22.1 Å². The molecule has 0 aliphatic rings. The number of hydrogen-bond acceptors (Lipinski definition) is 2. The Morgan fingerprint density at radius 1 is 0.885 bits per heavy atom. The average Bonchev–Trinajstić information content (AvgIpc) is 3.17. The number of hydrogen-bond donors (Lipinski definition) is 3. The number of nitrogens with two attached hydrogens (primary N) is 1. The number of fused-ring (bicyclic) bond motifs is 6. The third kappa shape index (κ3) is 2.19. The fourth-order valence-corrected chi connectivity index (χ4v) is 3.92. The molecule has 5 rings (SSSR count). The number of ether oxygens (including phenoxy) is 1. The lowest BCUT2D eigenvalue weighted by atomic mass is 10.1. The Kier molecular flexibility index (Phi) is 3.39. The number of aromatic nitrogens is 2. The van der Waals surface area contributed by atoms with Crippen LogP contribution in [0.1, 0.15) is 5.56 Å². The molecule has 0 radical (unpaired) electrons. The van der Waals surface area contributed by atoms with E-state index in [0.29, 0.717) is 13.2 Å². The third-order valence-corrected chi connectivity index (χ3v) is 5.14. The number of benzene rings is 3. The van der Waals surface area contributed by atoms with Gasteiger partial charge in [0, 0.05) is 44.1 Å². The summed E-state index contributed by atoms with van der Waals surface area (Å²) in [7, 11) is 0. The van der Waals surface area contributed by atoms with Gasteiger partial charge in [-0.2, -0.15) is 0 Å². The highest BCUT2D eigenvalue weighted by Crippen LogP contribution is 2.41. The summed E-state index contributed by atoms with van der Waals surface area (Å²) in [5.41, 5.74) is 11.0. The van der Waals surface area contributed by atoms with Crippen LogP contribution in [0.25, 0.3) is 43.6 Å². The van der Waals surface area contributed by atoms with Gasteiger partial charge in [0.15, 0.2) is 5.75 Å². The summed E-state index contributed by atoms with van der Waals surface area (Å²) in [6.45, 7) is 3.02. The predicted molar refractivity (Wildman–Crippen MR) is 109 cm³/mol. The molecule has 0 bridgehead atoms. The van der Waals surface area contributed by atoms with Crippen molar-refractivity contribution in [1.29, 1.82) is 0 Å². The van der Waals surface area contributed by atoms with Crippen LogP contribution in [0.2, 0.25) is 5.02 Å². The van der Waals surface area contributed by atoms with Crippen molar-refractivity contribution in [1.82, 2.24) is 9.97 Å². The quantitative estimate of drug-likeness (QED) is 0.409. The van der Waals surface area contributed by atoms with Crippen LogP contribution in [0.4, 0.5) is 0 Å². The van der Waals surface area contributed by atoms with Gasteiger partial charge in [-0.25, -0.2) is 0 Å². The summed E-state index contributed by atoms with van der Waals surface area (Å²) >= 11 is 6.24. The lowest BCUT2D eigenvalue weighted by molar-refractivity contribution is 0.335. The van der Waals surface area contributed by atoms with Crippen molar-refractivity contribution in [2.24, 2.45) is 5.73 Å². The molecule has 0 unspecified atom stereocenters. The first-order valence-corrected chi connectivity index (χ1v) is 9.02. The van der Waals surface area contributed by atoms with Crippen LogP contribution >= 0.6 is 11.6 Å². The molecular weight excluding hydrogens is 346 g/mol. The van der Waals surface area contributed by atoms with Crippen molar-refractivity contribution in [3.05, 3.63) is 53.1 Å². The molecule has 0 saturated heterocycles. The van der Waals surface area contributed by atoms with Crippen LogP contribution in [-0.2, 0) is 0 Å². The van der Waals surface area contributed by atoms with Crippen molar-refractivity contribution in [3.8, 4) is 5.75 Å². The lowest BCUT2D eigenvalue weighted by Crippen LogP contribution is -2.11. The second kappa shape index (κ2) is 5.66. The van der Waals surface area contributed by atoms with Crippen LogP contribution in [0, 0.1) is 6.92 Å². The second-order valence-corrected chi connectivity index (χ2v) is 7.11. The predicted octanol–water partition coefficient (Wildman–Crippen LogP) is 5.25. The molecule has 0 amide bonds. The zero-order valence-corrected chi connectivity index (χ0v) is 15.1. The molecule has 2 aromatic heterocycles. The summed E-state index contributed by atoms with van der Waals surface area (Å²) < 4.78 is 6.08. The van der Waals surface area contributed by atoms with E-state index >= 15 is 0 Å². The SMILES string of the molecule is Cc1ccc2[nH]c3c(OCCN)c4[nH]c5ccc(Cl)cc5c4cc3c2c1. The second-order valence-electron chi connectivity index (χ2n) is 6.68. The molecule has 2 heterocycles. The highest BCUT2D eigenvalue weighted by Gasteiger charge is 2.17. The fourth-order valence-electron chi connectivity index (χ4n) is 3.74. The highest BCUT2D eigenvalue weighted by molar-refractivity contribution is 6.32. The van der Waals surface area contributed by atoms with E-state index in [1.54, 1.807) is 0 Å². The molecule has 5 heteroatoms. The van der Waals surface area contributed by atoms with Crippen molar-refractivity contribution < 1.29 is 4.74 Å². The average molecular weight is 364 g/mol. The Morgan fingerprint density at radius 3 is 2.23 bits per heavy atom. The molecule has 0 atom stereocenters. The highest BCUT2D eigenvalue weighted by atomic mass is 35.5. The maximum absolute atomic E-state index is 6.24. The number of halogens is 1. The molecule has 130 valence electrons. The minimum absolute atomic E-state index is 0.457. The molecule has 0 saturated carbocycles. The van der Waals surface area contributed by atoms with Gasteiger partial charge < -0.3 is 20.4 Å². The Hall–Kier alpha value is -2.69. The zero-order valence-electron chi connectivity index (χ0n) is 14.3. The molecule has 0 fully saturated rings. The van der Waals surface area contributed by atoms with Crippen molar-refractivity contribution in [2.45, 2.75) is 6.92 Å². The molecule has 0 aliphatic carbocycles. The molecule has 4 N–H and O–H groups in total. The first kappa shape index (κ1) is 15.6. The van der Waals surface area contributed by atoms with Crippen LogP contribution < -0.4 is 10.5 Å². The molecule has 0 spiro atoms. The van der Waals surface area contributed by atoms with E-state index in [1.807, 2.05) is 18.2 Å². The summed E-state index contributed by atoms with van der Waals surface area (Å²) in [4.78, 5) is 7.00. The van der Waals surface area contributed by atoms with Gasteiger partial charge in [-0.05, 0) is 43.3 Å². The molecule has 26 heavy (non-hydrogen) atoms. The van der Waals surface area contributed by atoms with Gasteiger partial charge in [0.2, 0.25) is 0 Å². The van der Waals surface area contributed by atoms with Crippen molar-refractivity contribution >= 4 is 55.2 Å². The maximum atomic E-state index is 6.24. The summed E-state index contributed by atoms with van der Waals surface area (Å²) in [6.07, 6.45) is 0. The number of H-pyrrole nitrogens is 2. The topological polar surface area (TPSA) is 66.8 Å². The Labute approximate surface area is 154 Å². The van der Waals surface area contributed by atoms with Crippen LogP contribution in [0.5, 0.6) is 5.75 Å². The van der Waals surface area contributed by atoms with E-state index in [-0.39, 0.29) is 0 Å². The Bertz CT molecular complexity index is 1200. The van der Waals surface area contributed by atoms with Crippen LogP contribution in [0.3, 0.4) is 0 Å². The monoisotopic (exact) mass is 363 g/mol. The number of nitrogens with one attached hydrogen (secondary N) is 2. The summed E-state index contributed by atoms with van der Waals surface area (Å²) in [6, 6.07) is 14.5. The van der Waals surface area contributed by atoms with Gasteiger partial charge in [-0.3, -0.25) is 0 Å². The van der Waals surface area contributed by atoms with E-state index in [1.165, 1.54) is 10.9 Å². The Morgan fingerprint density at radius 2 is 1.54 bits per heavy atom. The van der Waals surface area contributed by atoms with Crippen molar-refractivity contribution in [2.75, 3.05) is 13.2 Å². The summed E-state index contributed by atoms with van der Waals surface area (Å²) in [5, 5.41) is 5.25. The van der Waals surface area contributed by atoms with E-state index in [0.717, 1.165) is 49.0 Å². The molecule has 5 aromatic rings. The molecule has 4 nitrogen and oxygen atoms in total. The lowest BCUT2D eigenvalue weighted by Gasteiger charge is -2.08. The van der Waals surface area contributed by atoms with E-state index in [2.05, 4.69) is 41.2 Å². The number of aromatic amines is 2. The van der Waals surface area contributed by atoms with E-state index < -0.39 is 0 Å². The minimum Gasteiger partial charge on any atom is -0.488 e. The number of rotatable bonds is 3. The van der Waals surface area contributed by atoms with Crippen molar-refractivity contribution in [3.63, 3.8) is 0 Å². The van der Waals surface area contributed by atoms with Crippen LogP contribution in [-0.4, -0.2) is 23.1 Å². The standard InChI is InChI=1S/C21H18ClN3O/c1-11-2-4-17-13(8-11)15-10-16-14-9-12(22)3-5-18(14)25-20(16)21(19(15)24-17)26-7-6-23/h2-5,8-10,24-25H,6-7,23H2,1H3. The first-order chi connectivity index (χ1) is 12.7. The first-order valence-electron chi connectivity index (χ1n) is 8.64. The van der Waals surface area contributed by atoms with E-state index in [9.17, 15) is 0 Å². The Balaban J connectivity index is 1.98. The van der Waals surface area contributed by atoms with Gasteiger partial charge in [-0.1, -0.05) is 23.2 Å². The summed E-state index contributed by atoms with van der Waals surface area (Å²) in [5.74, 6) is 0.809. The van der Waals surface area contributed by atoms with Gasteiger partial charge in [0.05, 0.1) is 11.0 Å². The normalized spacial score (nSPS) is 12.0. The van der Waals surface area contributed by atoms with Gasteiger partial charge >= 0.3 is 0 Å². The maximum Gasteiger partial charge on any atom is 0.167 e. The van der Waals surface area contributed by atoms with Crippen LogP contribution in [0.15, 0.2) is 42.5 Å². The third-order valence-electron chi connectivity index (χ3n) is 4.90. The minimum atomic E-state index is 0.457.